The van der Waals surface area contributed by atoms with Crippen LogP contribution in [-0.4, -0.2) is 23.2 Å². The second kappa shape index (κ2) is 6.73. The van der Waals surface area contributed by atoms with Gasteiger partial charge >= 0.3 is 6.18 Å². The lowest BCUT2D eigenvalue weighted by Gasteiger charge is -2.29. The quantitative estimate of drug-likeness (QED) is 0.845. The minimum atomic E-state index is -5.02. The van der Waals surface area contributed by atoms with Gasteiger partial charge in [0.05, 0.1) is 6.42 Å². The van der Waals surface area contributed by atoms with E-state index in [4.69, 9.17) is 4.42 Å². The van der Waals surface area contributed by atoms with Gasteiger partial charge in [-0.1, -0.05) is 20.3 Å². The van der Waals surface area contributed by atoms with Crippen LogP contribution in [0.25, 0.3) is 0 Å². The molecule has 3 atom stereocenters. The van der Waals surface area contributed by atoms with Crippen LogP contribution in [0.1, 0.15) is 45.1 Å². The van der Waals surface area contributed by atoms with Crippen molar-refractivity contribution in [1.29, 1.82) is 0 Å². The summed E-state index contributed by atoms with van der Waals surface area (Å²) in [6, 6.07) is 2.06. The molecule has 126 valence electrons. The van der Waals surface area contributed by atoms with Crippen LogP contribution in [0.5, 0.6) is 0 Å². The van der Waals surface area contributed by atoms with Crippen molar-refractivity contribution in [2.45, 2.75) is 58.4 Å². The van der Waals surface area contributed by atoms with Gasteiger partial charge in [0.2, 0.25) is 11.5 Å². The summed E-state index contributed by atoms with van der Waals surface area (Å²) in [5.74, 6) is -1.20. The highest BCUT2D eigenvalue weighted by molar-refractivity contribution is 5.77. The molecular weight excluding hydrogens is 299 g/mol. The smallest absolute Gasteiger partial charge is 0.425 e. The van der Waals surface area contributed by atoms with Crippen molar-refractivity contribution in [2.24, 2.45) is 5.92 Å². The summed E-state index contributed by atoms with van der Waals surface area (Å²) in [5, 5.41) is 12.5. The molecule has 0 saturated heterocycles. The number of alkyl halides is 3. The molecule has 1 aromatic rings. The molecule has 0 radical (unpaired) electrons. The Balaban J connectivity index is 2.94. The molecule has 22 heavy (non-hydrogen) atoms. The highest BCUT2D eigenvalue weighted by atomic mass is 19.4. The third kappa shape index (κ3) is 4.03. The van der Waals surface area contributed by atoms with E-state index in [-0.39, 0.29) is 17.7 Å². The maximum atomic E-state index is 13.2. The van der Waals surface area contributed by atoms with Gasteiger partial charge in [0, 0.05) is 6.04 Å². The average molecular weight is 321 g/mol. The van der Waals surface area contributed by atoms with E-state index in [1.165, 1.54) is 13.0 Å². The van der Waals surface area contributed by atoms with Gasteiger partial charge < -0.3 is 14.8 Å². The Labute approximate surface area is 127 Å². The van der Waals surface area contributed by atoms with Crippen LogP contribution in [0.4, 0.5) is 13.2 Å². The number of aryl methyl sites for hydroxylation is 1. The van der Waals surface area contributed by atoms with Crippen molar-refractivity contribution in [1.82, 2.24) is 5.32 Å². The number of aliphatic hydroxyl groups is 1. The minimum absolute atomic E-state index is 0.119. The molecule has 1 rings (SSSR count). The Morgan fingerprint density at radius 2 is 1.95 bits per heavy atom. The summed E-state index contributed by atoms with van der Waals surface area (Å²) < 4.78 is 44.6. The Morgan fingerprint density at radius 1 is 1.36 bits per heavy atom. The number of carbonyl (C=O) groups excluding carboxylic acids is 1. The normalized spacial score (nSPS) is 17.6. The molecule has 0 aliphatic rings. The van der Waals surface area contributed by atoms with Crippen molar-refractivity contribution >= 4 is 5.91 Å². The topological polar surface area (TPSA) is 62.5 Å². The Bertz CT molecular complexity index is 512. The van der Waals surface area contributed by atoms with E-state index in [2.05, 4.69) is 5.32 Å². The van der Waals surface area contributed by atoms with Gasteiger partial charge in [-0.2, -0.15) is 13.2 Å². The monoisotopic (exact) mass is 321 g/mol. The van der Waals surface area contributed by atoms with Gasteiger partial charge in [-0.3, -0.25) is 4.79 Å². The lowest BCUT2D eigenvalue weighted by Crippen LogP contribution is -2.48. The zero-order valence-electron chi connectivity index (χ0n) is 13.1. The lowest BCUT2D eigenvalue weighted by molar-refractivity contribution is -0.273. The number of carbonyl (C=O) groups is 1. The van der Waals surface area contributed by atoms with Gasteiger partial charge in [-0.15, -0.1) is 0 Å². The molecule has 0 fully saturated rings. The van der Waals surface area contributed by atoms with Crippen molar-refractivity contribution in [3.63, 3.8) is 0 Å². The molecule has 1 aromatic heterocycles. The number of hydrogen-bond acceptors (Lipinski definition) is 3. The van der Waals surface area contributed by atoms with Gasteiger partial charge in [-0.05, 0) is 31.9 Å². The standard InChI is InChI=1S/C15H22F3NO3/c1-5-9(2)11(4)19-13(20)8-14(21,15(16,17)18)12-7-6-10(3)22-12/h6-7,9,11,21H,5,8H2,1-4H3,(H,19,20). The van der Waals surface area contributed by atoms with E-state index < -0.39 is 29.9 Å². The molecule has 0 saturated carbocycles. The van der Waals surface area contributed by atoms with E-state index in [0.717, 1.165) is 12.5 Å². The summed E-state index contributed by atoms with van der Waals surface area (Å²) >= 11 is 0. The molecule has 0 bridgehead atoms. The summed E-state index contributed by atoms with van der Waals surface area (Å²) in [5.41, 5.74) is -3.33. The van der Waals surface area contributed by atoms with Crippen LogP contribution in [0.3, 0.4) is 0 Å². The van der Waals surface area contributed by atoms with Crippen LogP contribution >= 0.6 is 0 Å². The van der Waals surface area contributed by atoms with Gasteiger partial charge in [0.1, 0.15) is 11.5 Å². The van der Waals surface area contributed by atoms with Gasteiger partial charge in [0.15, 0.2) is 0 Å². The lowest BCUT2D eigenvalue weighted by atomic mass is 9.94. The van der Waals surface area contributed by atoms with Crippen molar-refractivity contribution in [3.05, 3.63) is 23.7 Å². The van der Waals surface area contributed by atoms with Crippen LogP contribution in [-0.2, 0) is 10.4 Å². The van der Waals surface area contributed by atoms with E-state index in [1.54, 1.807) is 6.92 Å². The first-order valence-electron chi connectivity index (χ1n) is 7.16. The van der Waals surface area contributed by atoms with E-state index >= 15 is 0 Å². The summed E-state index contributed by atoms with van der Waals surface area (Å²) in [6.07, 6.45) is -5.37. The van der Waals surface area contributed by atoms with Crippen molar-refractivity contribution in [2.75, 3.05) is 0 Å². The molecule has 0 aliphatic carbocycles. The molecule has 1 heterocycles. The third-order valence-electron chi connectivity index (χ3n) is 3.92. The van der Waals surface area contributed by atoms with Crippen LogP contribution in [0.15, 0.2) is 16.5 Å². The number of nitrogens with one attached hydrogen (secondary N) is 1. The molecule has 0 spiro atoms. The molecule has 1 amide bonds. The zero-order valence-corrected chi connectivity index (χ0v) is 13.1. The maximum absolute atomic E-state index is 13.2. The number of rotatable bonds is 6. The fourth-order valence-electron chi connectivity index (χ4n) is 2.02. The average Bonchev–Trinajstić information content (AvgIpc) is 2.83. The molecule has 3 unspecified atom stereocenters. The Kier molecular flexibility index (Phi) is 5.67. The third-order valence-corrected chi connectivity index (χ3v) is 3.92. The number of furan rings is 1. The fourth-order valence-corrected chi connectivity index (χ4v) is 2.02. The van der Waals surface area contributed by atoms with Crippen LogP contribution in [0, 0.1) is 12.8 Å². The number of hydrogen-bond donors (Lipinski definition) is 2. The van der Waals surface area contributed by atoms with Crippen LogP contribution < -0.4 is 5.32 Å². The predicted octanol–water partition coefficient (Wildman–Crippen LogP) is 3.28. The molecule has 7 heteroatoms. The molecule has 4 nitrogen and oxygen atoms in total. The van der Waals surface area contributed by atoms with Gasteiger partial charge in [0.25, 0.3) is 0 Å². The van der Waals surface area contributed by atoms with Crippen LogP contribution in [0.2, 0.25) is 0 Å². The first kappa shape index (κ1) is 18.5. The summed E-state index contributed by atoms with van der Waals surface area (Å²) in [6.45, 7) is 6.99. The SMILES string of the molecule is CCC(C)C(C)NC(=O)CC(O)(c1ccc(C)o1)C(F)(F)F. The van der Waals surface area contributed by atoms with Crippen molar-refractivity contribution in [3.8, 4) is 0 Å². The molecule has 0 aromatic carbocycles. The highest BCUT2D eigenvalue weighted by Crippen LogP contribution is 2.42. The van der Waals surface area contributed by atoms with E-state index in [0.29, 0.717) is 0 Å². The summed E-state index contributed by atoms with van der Waals surface area (Å²) in [4.78, 5) is 11.9. The molecule has 0 aliphatic heterocycles. The predicted molar refractivity (Wildman–Crippen MR) is 75.1 cm³/mol. The second-order valence-corrected chi connectivity index (χ2v) is 5.69. The highest BCUT2D eigenvalue weighted by Gasteiger charge is 2.58. The molecule has 2 N–H and O–H groups in total. The van der Waals surface area contributed by atoms with Gasteiger partial charge in [-0.25, -0.2) is 0 Å². The maximum Gasteiger partial charge on any atom is 0.425 e. The zero-order chi connectivity index (χ0) is 17.1. The first-order chi connectivity index (χ1) is 10.0. The molecular formula is C15H22F3NO3. The van der Waals surface area contributed by atoms with E-state index in [9.17, 15) is 23.1 Å². The summed E-state index contributed by atoms with van der Waals surface area (Å²) in [7, 11) is 0. The fraction of sp³-hybridized carbons (Fsp3) is 0.667. The van der Waals surface area contributed by atoms with E-state index in [1.807, 2.05) is 13.8 Å². The number of amides is 1. The largest absolute Gasteiger partial charge is 0.463 e. The first-order valence-corrected chi connectivity index (χ1v) is 7.16. The second-order valence-electron chi connectivity index (χ2n) is 5.69. The van der Waals surface area contributed by atoms with Crippen molar-refractivity contribution < 1.29 is 27.5 Å². The number of halogens is 3. The Hall–Kier alpha value is -1.50. The Morgan fingerprint density at radius 3 is 2.36 bits per heavy atom. The minimum Gasteiger partial charge on any atom is -0.463 e.